The number of thiophene rings is 1. The highest BCUT2D eigenvalue weighted by Crippen LogP contribution is 2.25. The van der Waals surface area contributed by atoms with Gasteiger partial charge in [-0.25, -0.2) is 0 Å². The lowest BCUT2D eigenvalue weighted by Crippen LogP contribution is -2.42. The zero-order valence-electron chi connectivity index (χ0n) is 11.3. The maximum atomic E-state index is 10.1. The first-order valence-electron chi connectivity index (χ1n) is 6.77. The smallest absolute Gasteiger partial charge is 0.104 e. The van der Waals surface area contributed by atoms with Crippen molar-refractivity contribution in [2.45, 2.75) is 44.4 Å². The molecular weight excluding hydrogens is 258 g/mol. The van der Waals surface area contributed by atoms with Crippen LogP contribution in [0, 0.1) is 11.8 Å². The quantitative estimate of drug-likeness (QED) is 0.830. The minimum Gasteiger partial charge on any atom is -0.391 e. The highest BCUT2D eigenvalue weighted by Gasteiger charge is 2.26. The Morgan fingerprint density at radius 2 is 2.16 bits per heavy atom. The Morgan fingerprint density at radius 3 is 2.89 bits per heavy atom. The first-order chi connectivity index (χ1) is 9.20. The molecule has 2 rings (SSSR count). The van der Waals surface area contributed by atoms with E-state index in [9.17, 15) is 5.11 Å². The van der Waals surface area contributed by atoms with Crippen molar-refractivity contribution in [3.05, 3.63) is 21.9 Å². The highest BCUT2D eigenvalue weighted by molar-refractivity contribution is 7.12. The summed E-state index contributed by atoms with van der Waals surface area (Å²) in [5.74, 6) is 5.59. The first-order valence-corrected chi connectivity index (χ1v) is 7.59. The fourth-order valence-corrected chi connectivity index (χ4v) is 3.57. The van der Waals surface area contributed by atoms with Gasteiger partial charge in [0.15, 0.2) is 0 Å². The van der Waals surface area contributed by atoms with Crippen molar-refractivity contribution in [2.24, 2.45) is 0 Å². The predicted octanol–water partition coefficient (Wildman–Crippen LogP) is 1.83. The van der Waals surface area contributed by atoms with E-state index in [1.165, 1.54) is 11.3 Å². The standard InChI is InChI=1S/C15H21NO2S/c1-16(14-6-2-3-7-15(14)18)11-13-9-8-12(19-13)5-4-10-17/h8-9,14-15,17-18H,2-3,6-7,10-11H2,1H3. The molecule has 4 heteroatoms. The Bertz CT molecular complexity index is 460. The molecule has 2 N–H and O–H groups in total. The van der Waals surface area contributed by atoms with E-state index in [0.29, 0.717) is 0 Å². The van der Waals surface area contributed by atoms with Crippen molar-refractivity contribution in [1.29, 1.82) is 0 Å². The van der Waals surface area contributed by atoms with Gasteiger partial charge >= 0.3 is 0 Å². The predicted molar refractivity (Wildman–Crippen MR) is 78.0 cm³/mol. The van der Waals surface area contributed by atoms with E-state index in [1.54, 1.807) is 11.3 Å². The van der Waals surface area contributed by atoms with E-state index in [2.05, 4.69) is 29.9 Å². The van der Waals surface area contributed by atoms with E-state index in [-0.39, 0.29) is 18.8 Å². The summed E-state index contributed by atoms with van der Waals surface area (Å²) in [5.41, 5.74) is 0. The van der Waals surface area contributed by atoms with Gasteiger partial charge in [-0.1, -0.05) is 24.7 Å². The second-order valence-electron chi connectivity index (χ2n) is 5.06. The maximum absolute atomic E-state index is 10.1. The van der Waals surface area contributed by atoms with Crippen LogP contribution in [0.15, 0.2) is 12.1 Å². The fourth-order valence-electron chi connectivity index (χ4n) is 2.63. The van der Waals surface area contributed by atoms with Crippen LogP contribution < -0.4 is 0 Å². The van der Waals surface area contributed by atoms with Crippen molar-refractivity contribution in [3.63, 3.8) is 0 Å². The number of rotatable bonds is 3. The SMILES string of the molecule is CN(Cc1ccc(C#CCO)s1)C1CCCCC1O. The minimum atomic E-state index is -0.188. The topological polar surface area (TPSA) is 43.7 Å². The molecule has 0 aliphatic heterocycles. The van der Waals surface area contributed by atoms with Gasteiger partial charge in [-0.15, -0.1) is 11.3 Å². The van der Waals surface area contributed by atoms with Crippen LogP contribution in [-0.4, -0.2) is 40.9 Å². The molecule has 2 atom stereocenters. The van der Waals surface area contributed by atoms with Gasteiger partial charge in [-0.3, -0.25) is 4.90 Å². The lowest BCUT2D eigenvalue weighted by atomic mass is 9.91. The van der Waals surface area contributed by atoms with Gasteiger partial charge in [0.1, 0.15) is 6.61 Å². The second kappa shape index (κ2) is 7.06. The number of likely N-dealkylation sites (N-methyl/N-ethyl adjacent to an activating group) is 1. The molecule has 1 fully saturated rings. The molecule has 104 valence electrons. The minimum absolute atomic E-state index is 0.0958. The summed E-state index contributed by atoms with van der Waals surface area (Å²) in [6, 6.07) is 4.36. The molecular formula is C15H21NO2S. The molecule has 19 heavy (non-hydrogen) atoms. The zero-order valence-corrected chi connectivity index (χ0v) is 12.1. The van der Waals surface area contributed by atoms with Crippen molar-refractivity contribution in [3.8, 4) is 11.8 Å². The van der Waals surface area contributed by atoms with Crippen LogP contribution in [0.3, 0.4) is 0 Å². The van der Waals surface area contributed by atoms with Crippen LogP contribution >= 0.6 is 11.3 Å². The van der Waals surface area contributed by atoms with Crippen LogP contribution in [0.2, 0.25) is 0 Å². The highest BCUT2D eigenvalue weighted by atomic mass is 32.1. The van der Waals surface area contributed by atoms with Crippen molar-refractivity contribution < 1.29 is 10.2 Å². The van der Waals surface area contributed by atoms with Crippen molar-refractivity contribution >= 4 is 11.3 Å². The van der Waals surface area contributed by atoms with Crippen LogP contribution in [0.5, 0.6) is 0 Å². The summed E-state index contributed by atoms with van der Waals surface area (Å²) in [7, 11) is 2.08. The average molecular weight is 279 g/mol. The Labute approximate surface area is 118 Å². The normalized spacial score (nSPS) is 23.2. The summed E-state index contributed by atoms with van der Waals surface area (Å²) < 4.78 is 0. The molecule has 0 radical (unpaired) electrons. The molecule has 2 unspecified atom stereocenters. The van der Waals surface area contributed by atoms with Crippen LogP contribution in [0.25, 0.3) is 0 Å². The molecule has 1 heterocycles. The number of aliphatic hydroxyl groups is 2. The molecule has 0 aromatic carbocycles. The summed E-state index contributed by atoms with van der Waals surface area (Å²) in [6.07, 6.45) is 4.18. The molecule has 0 amide bonds. The Balaban J connectivity index is 1.94. The monoisotopic (exact) mass is 279 g/mol. The lowest BCUT2D eigenvalue weighted by molar-refractivity contribution is 0.0292. The Morgan fingerprint density at radius 1 is 1.37 bits per heavy atom. The number of hydrogen-bond acceptors (Lipinski definition) is 4. The molecule has 1 saturated carbocycles. The van der Waals surface area contributed by atoms with Crippen molar-refractivity contribution in [1.82, 2.24) is 4.90 Å². The number of aliphatic hydroxyl groups excluding tert-OH is 2. The van der Waals surface area contributed by atoms with Crippen LogP contribution in [0.4, 0.5) is 0 Å². The second-order valence-corrected chi connectivity index (χ2v) is 6.23. The summed E-state index contributed by atoms with van der Waals surface area (Å²) in [4.78, 5) is 4.49. The van der Waals surface area contributed by atoms with Gasteiger partial charge in [0.25, 0.3) is 0 Å². The maximum Gasteiger partial charge on any atom is 0.104 e. The van der Waals surface area contributed by atoms with Crippen LogP contribution in [0.1, 0.15) is 35.4 Å². The van der Waals surface area contributed by atoms with Gasteiger partial charge in [0.05, 0.1) is 11.0 Å². The molecule has 1 aliphatic rings. The van der Waals surface area contributed by atoms with Gasteiger partial charge in [-0.05, 0) is 32.0 Å². The van der Waals surface area contributed by atoms with E-state index in [4.69, 9.17) is 5.11 Å². The summed E-state index contributed by atoms with van der Waals surface area (Å²) in [5, 5.41) is 18.7. The molecule has 0 spiro atoms. The van der Waals surface area contributed by atoms with Gasteiger partial charge in [-0.2, -0.15) is 0 Å². The molecule has 0 bridgehead atoms. The van der Waals surface area contributed by atoms with E-state index >= 15 is 0 Å². The molecule has 1 aromatic rings. The molecule has 1 aromatic heterocycles. The lowest BCUT2D eigenvalue weighted by Gasteiger charge is -2.34. The largest absolute Gasteiger partial charge is 0.391 e. The molecule has 0 saturated heterocycles. The molecule has 3 nitrogen and oxygen atoms in total. The van der Waals surface area contributed by atoms with E-state index < -0.39 is 0 Å². The third kappa shape index (κ3) is 4.05. The number of nitrogens with zero attached hydrogens (tertiary/aromatic N) is 1. The number of hydrogen-bond donors (Lipinski definition) is 2. The average Bonchev–Trinajstić information content (AvgIpc) is 2.84. The van der Waals surface area contributed by atoms with Crippen LogP contribution in [-0.2, 0) is 6.54 Å². The molecule has 1 aliphatic carbocycles. The van der Waals surface area contributed by atoms with Crippen molar-refractivity contribution in [2.75, 3.05) is 13.7 Å². The Hall–Kier alpha value is -0.860. The van der Waals surface area contributed by atoms with Gasteiger partial charge < -0.3 is 10.2 Å². The van der Waals surface area contributed by atoms with Gasteiger partial charge in [0.2, 0.25) is 0 Å². The third-order valence-corrected chi connectivity index (χ3v) is 4.60. The van der Waals surface area contributed by atoms with Gasteiger partial charge in [0, 0.05) is 17.5 Å². The third-order valence-electron chi connectivity index (χ3n) is 3.62. The zero-order chi connectivity index (χ0) is 13.7. The fraction of sp³-hybridized carbons (Fsp3) is 0.600. The summed E-state index contributed by atoms with van der Waals surface area (Å²) in [6.45, 7) is 0.759. The summed E-state index contributed by atoms with van der Waals surface area (Å²) >= 11 is 1.66. The first kappa shape index (κ1) is 14.5. The Kier molecular flexibility index (Phi) is 5.41. The van der Waals surface area contributed by atoms with E-state index in [1.807, 2.05) is 6.07 Å². The van der Waals surface area contributed by atoms with E-state index in [0.717, 1.165) is 30.7 Å².